The summed E-state index contributed by atoms with van der Waals surface area (Å²) in [6, 6.07) is 9.57. The molecule has 0 saturated carbocycles. The van der Waals surface area contributed by atoms with Crippen molar-refractivity contribution in [1.29, 1.82) is 0 Å². The van der Waals surface area contributed by atoms with E-state index in [-0.39, 0.29) is 0 Å². The minimum atomic E-state index is 0.584. The van der Waals surface area contributed by atoms with Gasteiger partial charge in [0.1, 0.15) is 0 Å². The summed E-state index contributed by atoms with van der Waals surface area (Å²) in [5.41, 5.74) is 3.00. The van der Waals surface area contributed by atoms with Crippen LogP contribution in [0.5, 0.6) is 0 Å². The molecule has 2 heterocycles. The van der Waals surface area contributed by atoms with E-state index < -0.39 is 0 Å². The first-order valence-corrected chi connectivity index (χ1v) is 7.02. The van der Waals surface area contributed by atoms with Crippen LogP contribution in [0.1, 0.15) is 43.7 Å². The standard InChI is InChI=1S/C15H22N2/c1-2-9-15(17-11-5-6-12-17)13(7-1)14-8-3-4-10-16-14/h1-2,7,9,14,16H,3-6,8,10-12H2. The molecule has 2 nitrogen and oxygen atoms in total. The minimum absolute atomic E-state index is 0.584. The Balaban J connectivity index is 1.86. The summed E-state index contributed by atoms with van der Waals surface area (Å²) in [5, 5.41) is 3.67. The zero-order valence-corrected chi connectivity index (χ0v) is 10.5. The second-order valence-corrected chi connectivity index (χ2v) is 5.26. The van der Waals surface area contributed by atoms with Crippen molar-refractivity contribution < 1.29 is 0 Å². The highest BCUT2D eigenvalue weighted by Gasteiger charge is 2.21. The molecule has 0 radical (unpaired) electrons. The van der Waals surface area contributed by atoms with Gasteiger partial charge in [0.05, 0.1) is 0 Å². The summed E-state index contributed by atoms with van der Waals surface area (Å²) in [5.74, 6) is 0. The summed E-state index contributed by atoms with van der Waals surface area (Å²) in [7, 11) is 0. The molecule has 2 aliphatic heterocycles. The second kappa shape index (κ2) is 5.09. The van der Waals surface area contributed by atoms with Crippen LogP contribution in [-0.2, 0) is 0 Å². The topological polar surface area (TPSA) is 15.3 Å². The van der Waals surface area contributed by atoms with Crippen molar-refractivity contribution in [3.05, 3.63) is 29.8 Å². The third-order valence-electron chi connectivity index (χ3n) is 4.07. The fraction of sp³-hybridized carbons (Fsp3) is 0.600. The van der Waals surface area contributed by atoms with E-state index in [1.54, 1.807) is 0 Å². The second-order valence-electron chi connectivity index (χ2n) is 5.26. The van der Waals surface area contributed by atoms with E-state index in [9.17, 15) is 0 Å². The molecule has 17 heavy (non-hydrogen) atoms. The van der Waals surface area contributed by atoms with Crippen molar-refractivity contribution in [1.82, 2.24) is 5.32 Å². The number of hydrogen-bond acceptors (Lipinski definition) is 2. The number of hydrogen-bond donors (Lipinski definition) is 1. The van der Waals surface area contributed by atoms with Crippen molar-refractivity contribution in [2.45, 2.75) is 38.1 Å². The lowest BCUT2D eigenvalue weighted by atomic mass is 9.96. The Hall–Kier alpha value is -1.02. The maximum atomic E-state index is 3.67. The summed E-state index contributed by atoms with van der Waals surface area (Å²) in [6.07, 6.45) is 6.71. The molecular weight excluding hydrogens is 208 g/mol. The summed E-state index contributed by atoms with van der Waals surface area (Å²) in [6.45, 7) is 3.66. The summed E-state index contributed by atoms with van der Waals surface area (Å²) < 4.78 is 0. The first-order valence-electron chi connectivity index (χ1n) is 7.02. The molecule has 1 aromatic rings. The lowest BCUT2D eigenvalue weighted by molar-refractivity contribution is 0.412. The molecule has 1 atom stereocenters. The van der Waals surface area contributed by atoms with Gasteiger partial charge in [-0.1, -0.05) is 24.6 Å². The first-order chi connectivity index (χ1) is 8.45. The van der Waals surface area contributed by atoms with Crippen LogP contribution < -0.4 is 10.2 Å². The Bertz CT molecular complexity index is 363. The van der Waals surface area contributed by atoms with E-state index in [4.69, 9.17) is 0 Å². The monoisotopic (exact) mass is 230 g/mol. The maximum absolute atomic E-state index is 3.67. The van der Waals surface area contributed by atoms with Crippen LogP contribution in [0.2, 0.25) is 0 Å². The highest BCUT2D eigenvalue weighted by Crippen LogP contribution is 2.32. The van der Waals surface area contributed by atoms with Crippen molar-refractivity contribution in [3.8, 4) is 0 Å². The Morgan fingerprint density at radius 3 is 2.59 bits per heavy atom. The molecule has 0 aromatic heterocycles. The van der Waals surface area contributed by atoms with Gasteiger partial charge < -0.3 is 10.2 Å². The van der Waals surface area contributed by atoms with Crippen molar-refractivity contribution >= 4 is 5.69 Å². The number of rotatable bonds is 2. The van der Waals surface area contributed by atoms with Gasteiger partial charge in [-0.2, -0.15) is 0 Å². The normalized spacial score (nSPS) is 25.2. The molecule has 2 saturated heterocycles. The van der Waals surface area contributed by atoms with Gasteiger partial charge in [-0.15, -0.1) is 0 Å². The van der Waals surface area contributed by atoms with Gasteiger partial charge in [0.25, 0.3) is 0 Å². The predicted molar refractivity (Wildman–Crippen MR) is 72.5 cm³/mol. The maximum Gasteiger partial charge on any atom is 0.0414 e. The Morgan fingerprint density at radius 2 is 1.82 bits per heavy atom. The quantitative estimate of drug-likeness (QED) is 0.840. The molecule has 0 spiro atoms. The highest BCUT2D eigenvalue weighted by atomic mass is 15.1. The Kier molecular flexibility index (Phi) is 3.32. The van der Waals surface area contributed by atoms with Gasteiger partial charge >= 0.3 is 0 Å². The number of piperidine rings is 1. The number of anilines is 1. The Labute approximate surface area is 104 Å². The van der Waals surface area contributed by atoms with Gasteiger partial charge in [-0.25, -0.2) is 0 Å². The number of para-hydroxylation sites is 1. The smallest absolute Gasteiger partial charge is 0.0414 e. The molecular formula is C15H22N2. The zero-order valence-electron chi connectivity index (χ0n) is 10.5. The van der Waals surface area contributed by atoms with Gasteiger partial charge in [-0.05, 0) is 43.9 Å². The zero-order chi connectivity index (χ0) is 11.5. The molecule has 1 N–H and O–H groups in total. The molecule has 1 aromatic carbocycles. The van der Waals surface area contributed by atoms with Gasteiger partial charge in [0.15, 0.2) is 0 Å². The highest BCUT2D eigenvalue weighted by molar-refractivity contribution is 5.55. The van der Waals surface area contributed by atoms with Crippen LogP contribution in [0.4, 0.5) is 5.69 Å². The average molecular weight is 230 g/mol. The van der Waals surface area contributed by atoms with Crippen LogP contribution in [0.15, 0.2) is 24.3 Å². The van der Waals surface area contributed by atoms with Gasteiger partial charge in [0.2, 0.25) is 0 Å². The van der Waals surface area contributed by atoms with E-state index in [1.807, 2.05) is 0 Å². The molecule has 92 valence electrons. The van der Waals surface area contributed by atoms with Crippen LogP contribution >= 0.6 is 0 Å². The SMILES string of the molecule is c1ccc(N2CCCC2)c(C2CCCCN2)c1. The lowest BCUT2D eigenvalue weighted by Gasteiger charge is -2.29. The Morgan fingerprint density at radius 1 is 1.00 bits per heavy atom. The average Bonchev–Trinajstić information content (AvgIpc) is 2.94. The molecule has 3 rings (SSSR count). The molecule has 0 amide bonds. The fourth-order valence-electron chi connectivity index (χ4n) is 3.15. The van der Waals surface area contributed by atoms with Crippen molar-refractivity contribution in [2.75, 3.05) is 24.5 Å². The minimum Gasteiger partial charge on any atom is -0.371 e. The van der Waals surface area contributed by atoms with Gasteiger partial charge in [-0.3, -0.25) is 0 Å². The summed E-state index contributed by atoms with van der Waals surface area (Å²) >= 11 is 0. The molecule has 0 bridgehead atoms. The number of benzene rings is 1. The largest absolute Gasteiger partial charge is 0.371 e. The fourth-order valence-corrected chi connectivity index (χ4v) is 3.15. The van der Waals surface area contributed by atoms with Crippen molar-refractivity contribution in [2.24, 2.45) is 0 Å². The van der Waals surface area contributed by atoms with E-state index in [1.165, 1.54) is 63.0 Å². The molecule has 2 aliphatic rings. The van der Waals surface area contributed by atoms with Crippen LogP contribution in [0, 0.1) is 0 Å². The summed E-state index contributed by atoms with van der Waals surface area (Å²) in [4.78, 5) is 2.56. The molecule has 2 heteroatoms. The molecule has 0 aliphatic carbocycles. The van der Waals surface area contributed by atoms with E-state index in [0.717, 1.165) is 0 Å². The third kappa shape index (κ3) is 2.32. The lowest BCUT2D eigenvalue weighted by Crippen LogP contribution is -2.29. The number of nitrogens with zero attached hydrogens (tertiary/aromatic N) is 1. The van der Waals surface area contributed by atoms with Crippen molar-refractivity contribution in [3.63, 3.8) is 0 Å². The number of nitrogens with one attached hydrogen (secondary N) is 1. The third-order valence-corrected chi connectivity index (χ3v) is 4.07. The van der Waals surface area contributed by atoms with E-state index >= 15 is 0 Å². The predicted octanol–water partition coefficient (Wildman–Crippen LogP) is 3.10. The molecule has 1 unspecified atom stereocenters. The van der Waals surface area contributed by atoms with E-state index in [2.05, 4.69) is 34.5 Å². The van der Waals surface area contributed by atoms with Crippen LogP contribution in [0.25, 0.3) is 0 Å². The first kappa shape index (κ1) is 11.1. The van der Waals surface area contributed by atoms with Crippen LogP contribution in [0.3, 0.4) is 0 Å². The van der Waals surface area contributed by atoms with E-state index in [0.29, 0.717) is 6.04 Å². The van der Waals surface area contributed by atoms with Gasteiger partial charge in [0, 0.05) is 24.8 Å². The molecule has 2 fully saturated rings. The van der Waals surface area contributed by atoms with Crippen LogP contribution in [-0.4, -0.2) is 19.6 Å².